The van der Waals surface area contributed by atoms with E-state index in [1.54, 1.807) is 0 Å². The maximum absolute atomic E-state index is 9.22. The first-order chi connectivity index (χ1) is 8.31. The van der Waals surface area contributed by atoms with Crippen molar-refractivity contribution < 1.29 is 5.11 Å². The molecule has 2 atom stereocenters. The summed E-state index contributed by atoms with van der Waals surface area (Å²) in [4.78, 5) is 2.42. The predicted octanol–water partition coefficient (Wildman–Crippen LogP) is 1.36. The van der Waals surface area contributed by atoms with Crippen molar-refractivity contribution >= 4 is 0 Å². The Labute approximate surface area is 103 Å². The van der Waals surface area contributed by atoms with Crippen molar-refractivity contribution in [3.63, 3.8) is 0 Å². The summed E-state index contributed by atoms with van der Waals surface area (Å²) in [5.41, 5.74) is 7.32. The van der Waals surface area contributed by atoms with Crippen molar-refractivity contribution in [1.29, 1.82) is 0 Å². The van der Waals surface area contributed by atoms with Crippen LogP contribution in [-0.2, 0) is 6.54 Å². The molecule has 0 radical (unpaired) electrons. The topological polar surface area (TPSA) is 49.5 Å². The van der Waals surface area contributed by atoms with Gasteiger partial charge in [-0.3, -0.25) is 4.90 Å². The molecule has 3 N–H and O–H groups in total. The number of hydrogen-bond donors (Lipinski definition) is 2. The minimum Gasteiger partial charge on any atom is -0.395 e. The van der Waals surface area contributed by atoms with Gasteiger partial charge in [-0.1, -0.05) is 36.8 Å². The van der Waals surface area contributed by atoms with Gasteiger partial charge in [0.25, 0.3) is 0 Å². The molecule has 0 aliphatic carbocycles. The maximum atomic E-state index is 9.22. The average molecular weight is 234 g/mol. The Kier molecular flexibility index (Phi) is 4.54. The molecular weight excluding hydrogens is 212 g/mol. The van der Waals surface area contributed by atoms with Gasteiger partial charge in [0.1, 0.15) is 0 Å². The van der Waals surface area contributed by atoms with E-state index in [9.17, 15) is 5.11 Å². The first-order valence-corrected chi connectivity index (χ1v) is 6.45. The highest BCUT2D eigenvalue weighted by molar-refractivity contribution is 5.14. The number of aliphatic hydroxyl groups is 1. The van der Waals surface area contributed by atoms with E-state index in [-0.39, 0.29) is 12.6 Å². The monoisotopic (exact) mass is 234 g/mol. The molecule has 1 saturated heterocycles. The number of aliphatic hydroxyl groups excluding tert-OH is 1. The molecule has 1 aliphatic heterocycles. The van der Waals surface area contributed by atoms with Crippen LogP contribution in [0.5, 0.6) is 0 Å². The fourth-order valence-corrected chi connectivity index (χ4v) is 2.64. The summed E-state index contributed by atoms with van der Waals surface area (Å²) in [5, 5.41) is 9.22. The molecule has 0 bridgehead atoms. The van der Waals surface area contributed by atoms with Crippen LogP contribution in [0.2, 0.25) is 0 Å². The van der Waals surface area contributed by atoms with Gasteiger partial charge in [-0.05, 0) is 24.9 Å². The minimum absolute atomic E-state index is 0.0793. The second kappa shape index (κ2) is 6.15. The lowest BCUT2D eigenvalue weighted by atomic mass is 9.96. The van der Waals surface area contributed by atoms with Crippen LogP contribution in [0.25, 0.3) is 0 Å². The summed E-state index contributed by atoms with van der Waals surface area (Å²) in [6.07, 6.45) is 3.57. The lowest BCUT2D eigenvalue weighted by Crippen LogP contribution is -2.51. The lowest BCUT2D eigenvalue weighted by molar-refractivity contribution is 0.0944. The molecule has 2 rings (SSSR count). The Bertz CT molecular complexity index is 328. The summed E-state index contributed by atoms with van der Waals surface area (Å²) >= 11 is 0. The number of rotatable bonds is 4. The molecule has 0 saturated carbocycles. The predicted molar refractivity (Wildman–Crippen MR) is 69.6 cm³/mol. The third-order valence-corrected chi connectivity index (χ3v) is 3.60. The van der Waals surface area contributed by atoms with Crippen LogP contribution in [0.15, 0.2) is 30.3 Å². The Morgan fingerprint density at radius 1 is 1.29 bits per heavy atom. The second-order valence-electron chi connectivity index (χ2n) is 4.87. The number of nitrogens with two attached hydrogens (primary N) is 1. The zero-order chi connectivity index (χ0) is 12.1. The molecule has 0 aromatic heterocycles. The SMILES string of the molecule is N[C@H](CO)C1CCCCN1Cc1ccccc1. The van der Waals surface area contributed by atoms with Crippen LogP contribution in [0.1, 0.15) is 24.8 Å². The van der Waals surface area contributed by atoms with Gasteiger partial charge < -0.3 is 10.8 Å². The number of hydrogen-bond acceptors (Lipinski definition) is 3. The van der Waals surface area contributed by atoms with Gasteiger partial charge in [-0.25, -0.2) is 0 Å². The van der Waals surface area contributed by atoms with Crippen molar-refractivity contribution in [2.24, 2.45) is 5.73 Å². The maximum Gasteiger partial charge on any atom is 0.0597 e. The van der Waals surface area contributed by atoms with Crippen LogP contribution >= 0.6 is 0 Å². The van der Waals surface area contributed by atoms with Gasteiger partial charge in [0.05, 0.1) is 6.61 Å². The quantitative estimate of drug-likeness (QED) is 0.827. The molecule has 3 heteroatoms. The van der Waals surface area contributed by atoms with E-state index in [4.69, 9.17) is 5.73 Å². The van der Waals surface area contributed by atoms with Gasteiger partial charge in [-0.15, -0.1) is 0 Å². The standard InChI is InChI=1S/C14H22N2O/c15-13(11-17)14-8-4-5-9-16(14)10-12-6-2-1-3-7-12/h1-3,6-7,13-14,17H,4-5,8-11,15H2/t13-,14?/m1/s1. The largest absolute Gasteiger partial charge is 0.395 e. The van der Waals surface area contributed by atoms with E-state index < -0.39 is 0 Å². The van der Waals surface area contributed by atoms with E-state index in [2.05, 4.69) is 29.2 Å². The van der Waals surface area contributed by atoms with Crippen molar-refractivity contribution in [3.8, 4) is 0 Å². The molecule has 0 amide bonds. The van der Waals surface area contributed by atoms with Crippen LogP contribution in [0.4, 0.5) is 0 Å². The van der Waals surface area contributed by atoms with E-state index in [0.29, 0.717) is 6.04 Å². The van der Waals surface area contributed by atoms with E-state index in [1.165, 1.54) is 18.4 Å². The minimum atomic E-state index is -0.112. The molecule has 1 aliphatic rings. The first-order valence-electron chi connectivity index (χ1n) is 6.45. The van der Waals surface area contributed by atoms with Gasteiger partial charge >= 0.3 is 0 Å². The third-order valence-electron chi connectivity index (χ3n) is 3.60. The first kappa shape index (κ1) is 12.6. The number of benzene rings is 1. The fraction of sp³-hybridized carbons (Fsp3) is 0.571. The van der Waals surface area contributed by atoms with E-state index in [0.717, 1.165) is 19.5 Å². The molecule has 17 heavy (non-hydrogen) atoms. The summed E-state index contributed by atoms with van der Waals surface area (Å²) in [6, 6.07) is 10.7. The Morgan fingerprint density at radius 2 is 2.06 bits per heavy atom. The Hall–Kier alpha value is -0.900. The van der Waals surface area contributed by atoms with E-state index >= 15 is 0 Å². The second-order valence-corrected chi connectivity index (χ2v) is 4.87. The molecule has 3 nitrogen and oxygen atoms in total. The summed E-state index contributed by atoms with van der Waals surface area (Å²) in [6.45, 7) is 2.11. The smallest absolute Gasteiger partial charge is 0.0597 e. The highest BCUT2D eigenvalue weighted by Gasteiger charge is 2.27. The number of likely N-dealkylation sites (tertiary alicyclic amines) is 1. The molecule has 1 aromatic carbocycles. The van der Waals surface area contributed by atoms with Gasteiger partial charge in [-0.2, -0.15) is 0 Å². The number of nitrogens with zero attached hydrogens (tertiary/aromatic N) is 1. The zero-order valence-electron chi connectivity index (χ0n) is 10.3. The van der Waals surface area contributed by atoms with Crippen molar-refractivity contribution in [1.82, 2.24) is 4.90 Å². The summed E-state index contributed by atoms with van der Waals surface area (Å²) < 4.78 is 0. The van der Waals surface area contributed by atoms with Crippen LogP contribution in [0, 0.1) is 0 Å². The van der Waals surface area contributed by atoms with Crippen molar-refractivity contribution in [3.05, 3.63) is 35.9 Å². The number of piperidine rings is 1. The Morgan fingerprint density at radius 3 is 2.76 bits per heavy atom. The summed E-state index contributed by atoms with van der Waals surface area (Å²) in [5.74, 6) is 0. The fourth-order valence-electron chi connectivity index (χ4n) is 2.64. The third kappa shape index (κ3) is 3.28. The van der Waals surface area contributed by atoms with Crippen LogP contribution in [0.3, 0.4) is 0 Å². The average Bonchev–Trinajstić information content (AvgIpc) is 2.40. The highest BCUT2D eigenvalue weighted by Crippen LogP contribution is 2.21. The zero-order valence-corrected chi connectivity index (χ0v) is 10.3. The van der Waals surface area contributed by atoms with Gasteiger partial charge in [0.15, 0.2) is 0 Å². The lowest BCUT2D eigenvalue weighted by Gasteiger charge is -2.38. The highest BCUT2D eigenvalue weighted by atomic mass is 16.3. The molecular formula is C14H22N2O. The van der Waals surface area contributed by atoms with Crippen LogP contribution in [-0.4, -0.2) is 35.2 Å². The van der Waals surface area contributed by atoms with Crippen molar-refractivity contribution in [2.75, 3.05) is 13.2 Å². The molecule has 1 aromatic rings. The van der Waals surface area contributed by atoms with E-state index in [1.807, 2.05) is 6.07 Å². The molecule has 94 valence electrons. The normalized spacial score (nSPS) is 23.5. The van der Waals surface area contributed by atoms with Crippen molar-refractivity contribution in [2.45, 2.75) is 37.9 Å². The molecule has 0 spiro atoms. The van der Waals surface area contributed by atoms with Crippen LogP contribution < -0.4 is 5.73 Å². The van der Waals surface area contributed by atoms with Gasteiger partial charge in [0, 0.05) is 18.6 Å². The molecule has 1 fully saturated rings. The Balaban J connectivity index is 2.01. The molecule has 1 heterocycles. The summed E-state index contributed by atoms with van der Waals surface area (Å²) in [7, 11) is 0. The van der Waals surface area contributed by atoms with Gasteiger partial charge in [0.2, 0.25) is 0 Å². The molecule has 1 unspecified atom stereocenters.